The molecule has 2 aliphatic rings. The van der Waals surface area contributed by atoms with E-state index in [0.717, 1.165) is 42.4 Å². The lowest BCUT2D eigenvalue weighted by atomic mass is 9.98. The van der Waals surface area contributed by atoms with E-state index in [1.165, 1.54) is 4.90 Å². The van der Waals surface area contributed by atoms with Crippen molar-refractivity contribution in [2.45, 2.75) is 70.9 Å². The lowest BCUT2D eigenvalue weighted by molar-refractivity contribution is -0.131. The molecule has 27 heavy (non-hydrogen) atoms. The highest BCUT2D eigenvalue weighted by Gasteiger charge is 2.52. The number of nitrogens with one attached hydrogen (secondary N) is 2. The van der Waals surface area contributed by atoms with Gasteiger partial charge in [0.2, 0.25) is 5.91 Å². The van der Waals surface area contributed by atoms with Gasteiger partial charge in [0, 0.05) is 13.0 Å². The van der Waals surface area contributed by atoms with E-state index in [-0.39, 0.29) is 30.4 Å². The van der Waals surface area contributed by atoms with Crippen molar-refractivity contribution in [2.24, 2.45) is 0 Å². The Balaban J connectivity index is 1.49. The minimum atomic E-state index is -0.670. The first kappa shape index (κ1) is 19.4. The van der Waals surface area contributed by atoms with Crippen LogP contribution in [0.5, 0.6) is 0 Å². The molecule has 1 unspecified atom stereocenters. The van der Waals surface area contributed by atoms with Gasteiger partial charge in [0.1, 0.15) is 5.54 Å². The summed E-state index contributed by atoms with van der Waals surface area (Å²) in [6.45, 7) is 6.33. The number of amides is 4. The van der Waals surface area contributed by atoms with Crippen LogP contribution in [-0.4, -0.2) is 34.8 Å². The Hall–Kier alpha value is -2.37. The van der Waals surface area contributed by atoms with Crippen molar-refractivity contribution < 1.29 is 14.4 Å². The Kier molecular flexibility index (Phi) is 5.53. The number of hydrogen-bond acceptors (Lipinski definition) is 3. The fourth-order valence-electron chi connectivity index (χ4n) is 4.21. The maximum atomic E-state index is 12.6. The molecular weight excluding hydrogens is 342 g/mol. The molecule has 1 aromatic carbocycles. The van der Waals surface area contributed by atoms with Crippen LogP contribution in [0.25, 0.3) is 0 Å². The first-order valence-electron chi connectivity index (χ1n) is 9.83. The van der Waals surface area contributed by atoms with Gasteiger partial charge in [0.25, 0.3) is 5.91 Å². The molecule has 1 heterocycles. The van der Waals surface area contributed by atoms with Crippen molar-refractivity contribution in [3.05, 3.63) is 34.9 Å². The molecule has 0 aromatic heterocycles. The van der Waals surface area contributed by atoms with Crippen molar-refractivity contribution in [3.8, 4) is 0 Å². The minimum absolute atomic E-state index is 0.0639. The highest BCUT2D eigenvalue weighted by Crippen LogP contribution is 2.35. The molecule has 1 aromatic rings. The highest BCUT2D eigenvalue weighted by molar-refractivity contribution is 6.07. The molecule has 6 heteroatoms. The lowest BCUT2D eigenvalue weighted by Crippen LogP contribution is -2.44. The van der Waals surface area contributed by atoms with E-state index in [1.807, 2.05) is 20.8 Å². The Morgan fingerprint density at radius 3 is 2.67 bits per heavy atom. The number of aryl methyl sites for hydroxylation is 2. The van der Waals surface area contributed by atoms with Crippen molar-refractivity contribution in [1.29, 1.82) is 0 Å². The molecule has 2 N–H and O–H groups in total. The van der Waals surface area contributed by atoms with E-state index in [2.05, 4.69) is 28.8 Å². The first-order valence-corrected chi connectivity index (χ1v) is 9.83. The first-order chi connectivity index (χ1) is 12.8. The van der Waals surface area contributed by atoms with Gasteiger partial charge in [-0.2, -0.15) is 0 Å². The van der Waals surface area contributed by atoms with Gasteiger partial charge in [-0.25, -0.2) is 4.79 Å². The van der Waals surface area contributed by atoms with Gasteiger partial charge in [-0.15, -0.1) is 0 Å². The highest BCUT2D eigenvalue weighted by atomic mass is 16.2. The SMILES string of the molecule is Cc1ccc(C)c(C(C)NC(=O)CCCN2C(=O)NC3(CCCC3)C2=O)c1. The van der Waals surface area contributed by atoms with Gasteiger partial charge in [-0.05, 0) is 51.2 Å². The molecule has 0 bridgehead atoms. The number of imide groups is 1. The maximum Gasteiger partial charge on any atom is 0.325 e. The monoisotopic (exact) mass is 371 g/mol. The number of nitrogens with zero attached hydrogens (tertiary/aromatic N) is 1. The van der Waals surface area contributed by atoms with Gasteiger partial charge >= 0.3 is 6.03 Å². The molecule has 0 radical (unpaired) electrons. The van der Waals surface area contributed by atoms with Crippen LogP contribution in [0.1, 0.15) is 68.2 Å². The Morgan fingerprint density at radius 2 is 1.96 bits per heavy atom. The summed E-state index contributed by atoms with van der Waals surface area (Å²) in [5.41, 5.74) is 2.75. The van der Waals surface area contributed by atoms with Gasteiger partial charge in [0.15, 0.2) is 0 Å². The molecule has 4 amide bonds. The summed E-state index contributed by atoms with van der Waals surface area (Å²) in [6.07, 6.45) is 4.15. The van der Waals surface area contributed by atoms with Crippen molar-refractivity contribution in [1.82, 2.24) is 15.5 Å². The Morgan fingerprint density at radius 1 is 1.26 bits per heavy atom. The van der Waals surface area contributed by atoms with Crippen LogP contribution in [0, 0.1) is 13.8 Å². The third kappa shape index (κ3) is 3.99. The van der Waals surface area contributed by atoms with Crippen LogP contribution in [0.2, 0.25) is 0 Å². The third-order valence-corrected chi connectivity index (χ3v) is 5.77. The third-order valence-electron chi connectivity index (χ3n) is 5.77. The Labute approximate surface area is 160 Å². The molecule has 1 atom stereocenters. The van der Waals surface area contributed by atoms with Gasteiger partial charge in [-0.3, -0.25) is 14.5 Å². The molecule has 1 aliphatic carbocycles. The zero-order chi connectivity index (χ0) is 19.6. The van der Waals surface area contributed by atoms with Gasteiger partial charge in [0.05, 0.1) is 6.04 Å². The minimum Gasteiger partial charge on any atom is -0.350 e. The number of carbonyl (C=O) groups is 3. The number of urea groups is 1. The topological polar surface area (TPSA) is 78.5 Å². The standard InChI is InChI=1S/C21H29N3O3/c1-14-8-9-15(2)17(13-14)16(3)22-18(25)7-6-12-24-19(26)21(23-20(24)27)10-4-5-11-21/h8-9,13,16H,4-7,10-12H2,1-3H3,(H,22,25)(H,23,27). The number of rotatable bonds is 6. The van der Waals surface area contributed by atoms with Crippen LogP contribution in [0.4, 0.5) is 4.79 Å². The second-order valence-electron chi connectivity index (χ2n) is 7.93. The molecule has 2 fully saturated rings. The fraction of sp³-hybridized carbons (Fsp3) is 0.571. The zero-order valence-corrected chi connectivity index (χ0v) is 16.4. The van der Waals surface area contributed by atoms with E-state index in [0.29, 0.717) is 12.8 Å². The van der Waals surface area contributed by atoms with Crippen LogP contribution in [0.3, 0.4) is 0 Å². The number of benzene rings is 1. The van der Waals surface area contributed by atoms with Crippen molar-refractivity contribution in [2.75, 3.05) is 6.54 Å². The van der Waals surface area contributed by atoms with E-state index in [1.54, 1.807) is 0 Å². The molecule has 1 saturated carbocycles. The van der Waals surface area contributed by atoms with Gasteiger partial charge in [-0.1, -0.05) is 36.6 Å². The van der Waals surface area contributed by atoms with Crippen molar-refractivity contribution in [3.63, 3.8) is 0 Å². The largest absolute Gasteiger partial charge is 0.350 e. The maximum absolute atomic E-state index is 12.6. The molecule has 6 nitrogen and oxygen atoms in total. The predicted molar refractivity (Wildman–Crippen MR) is 103 cm³/mol. The average Bonchev–Trinajstić information content (AvgIpc) is 3.17. The summed E-state index contributed by atoms with van der Waals surface area (Å²) in [7, 11) is 0. The van der Waals surface area contributed by atoms with Crippen LogP contribution in [0.15, 0.2) is 18.2 Å². The summed E-state index contributed by atoms with van der Waals surface area (Å²) in [5.74, 6) is -0.180. The lowest BCUT2D eigenvalue weighted by Gasteiger charge is -2.20. The molecule has 1 aliphatic heterocycles. The summed E-state index contributed by atoms with van der Waals surface area (Å²) >= 11 is 0. The van der Waals surface area contributed by atoms with E-state index in [4.69, 9.17) is 0 Å². The zero-order valence-electron chi connectivity index (χ0n) is 16.4. The fourth-order valence-corrected chi connectivity index (χ4v) is 4.21. The van der Waals surface area contributed by atoms with Crippen LogP contribution in [-0.2, 0) is 9.59 Å². The van der Waals surface area contributed by atoms with E-state index >= 15 is 0 Å². The van der Waals surface area contributed by atoms with Crippen LogP contribution >= 0.6 is 0 Å². The summed E-state index contributed by atoms with van der Waals surface area (Å²) < 4.78 is 0. The van der Waals surface area contributed by atoms with Crippen LogP contribution < -0.4 is 10.6 Å². The molecule has 146 valence electrons. The second-order valence-corrected chi connectivity index (χ2v) is 7.93. The number of hydrogen-bond donors (Lipinski definition) is 2. The van der Waals surface area contributed by atoms with E-state index in [9.17, 15) is 14.4 Å². The quantitative estimate of drug-likeness (QED) is 0.754. The summed E-state index contributed by atoms with van der Waals surface area (Å²) in [6, 6.07) is 5.82. The van der Waals surface area contributed by atoms with E-state index < -0.39 is 5.54 Å². The molecule has 3 rings (SSSR count). The van der Waals surface area contributed by atoms with Crippen molar-refractivity contribution >= 4 is 17.8 Å². The predicted octanol–water partition coefficient (Wildman–Crippen LogP) is 3.13. The Bertz CT molecular complexity index is 753. The smallest absolute Gasteiger partial charge is 0.325 e. The second kappa shape index (κ2) is 7.71. The normalized spacial score (nSPS) is 19.4. The van der Waals surface area contributed by atoms with Gasteiger partial charge < -0.3 is 10.6 Å². The molecular formula is C21H29N3O3. The molecule has 1 spiro atoms. The average molecular weight is 371 g/mol. The molecule has 1 saturated heterocycles. The summed E-state index contributed by atoms with van der Waals surface area (Å²) in [5, 5.41) is 5.89. The summed E-state index contributed by atoms with van der Waals surface area (Å²) in [4.78, 5) is 38.3. The number of carbonyl (C=O) groups excluding carboxylic acids is 3.